The molecule has 0 fully saturated rings. The molecule has 0 amide bonds. The average molecular weight is 304 g/mol. The second kappa shape index (κ2) is 7.59. The molecule has 0 saturated heterocycles. The Morgan fingerprint density at radius 1 is 1.10 bits per heavy atom. The molecule has 0 aliphatic carbocycles. The largest absolute Gasteiger partial charge is 0.493 e. The molecule has 1 heterocycles. The van der Waals surface area contributed by atoms with Gasteiger partial charge in [-0.25, -0.2) is 0 Å². The minimum Gasteiger partial charge on any atom is -0.493 e. The van der Waals surface area contributed by atoms with Gasteiger partial charge in [0.2, 0.25) is 0 Å². The minimum absolute atomic E-state index is 0.0217. The van der Waals surface area contributed by atoms with Crippen molar-refractivity contribution in [3.8, 4) is 5.75 Å². The number of benzene rings is 1. The zero-order valence-corrected chi connectivity index (χ0v) is 12.3. The Morgan fingerprint density at radius 3 is 2.48 bits per heavy atom. The van der Waals surface area contributed by atoms with Gasteiger partial charge in [-0.2, -0.15) is 0 Å². The third kappa shape index (κ3) is 5.04. The van der Waals surface area contributed by atoms with Gasteiger partial charge in [0.1, 0.15) is 5.75 Å². The zero-order chi connectivity index (χ0) is 15.1. The van der Waals surface area contributed by atoms with Gasteiger partial charge in [-0.1, -0.05) is 6.07 Å². The number of ketones is 1. The van der Waals surface area contributed by atoms with Crippen molar-refractivity contribution in [2.75, 3.05) is 6.61 Å². The van der Waals surface area contributed by atoms with E-state index in [2.05, 4.69) is 6.07 Å². The molecule has 5 heteroatoms. The van der Waals surface area contributed by atoms with Crippen LogP contribution in [0, 0.1) is 0 Å². The fourth-order valence-electron chi connectivity index (χ4n) is 1.83. The molecule has 0 bridgehead atoms. The van der Waals surface area contributed by atoms with E-state index >= 15 is 0 Å². The Bertz CT molecular complexity index is 587. The molecular formula is C16H16O4S. The van der Waals surface area contributed by atoms with E-state index in [1.165, 1.54) is 4.88 Å². The number of aliphatic carboxylic acids is 1. The van der Waals surface area contributed by atoms with Crippen LogP contribution < -0.4 is 4.74 Å². The molecule has 0 radical (unpaired) electrons. The van der Waals surface area contributed by atoms with Crippen molar-refractivity contribution in [1.29, 1.82) is 0 Å². The molecule has 1 N–H and O–H groups in total. The van der Waals surface area contributed by atoms with Crippen molar-refractivity contribution in [2.24, 2.45) is 0 Å². The highest BCUT2D eigenvalue weighted by atomic mass is 32.1. The first kappa shape index (κ1) is 15.3. The molecule has 21 heavy (non-hydrogen) atoms. The monoisotopic (exact) mass is 304 g/mol. The van der Waals surface area contributed by atoms with E-state index in [4.69, 9.17) is 9.84 Å². The highest BCUT2D eigenvalue weighted by molar-refractivity contribution is 7.09. The molecule has 0 saturated carbocycles. The van der Waals surface area contributed by atoms with Crippen molar-refractivity contribution in [3.05, 3.63) is 52.2 Å². The van der Waals surface area contributed by atoms with Gasteiger partial charge in [0, 0.05) is 23.3 Å². The lowest BCUT2D eigenvalue weighted by atomic mass is 10.1. The number of carbonyl (C=O) groups excluding carboxylic acids is 1. The minimum atomic E-state index is -0.961. The molecule has 0 atom stereocenters. The van der Waals surface area contributed by atoms with Gasteiger partial charge >= 0.3 is 5.97 Å². The number of carbonyl (C=O) groups is 2. The lowest BCUT2D eigenvalue weighted by Crippen LogP contribution is -2.04. The summed E-state index contributed by atoms with van der Waals surface area (Å²) >= 11 is 1.70. The van der Waals surface area contributed by atoms with E-state index in [-0.39, 0.29) is 18.6 Å². The van der Waals surface area contributed by atoms with E-state index in [1.807, 2.05) is 11.4 Å². The van der Waals surface area contributed by atoms with Gasteiger partial charge in [-0.05, 0) is 35.7 Å². The topological polar surface area (TPSA) is 63.6 Å². The molecule has 2 rings (SSSR count). The molecule has 110 valence electrons. The maximum atomic E-state index is 11.7. The third-order valence-electron chi connectivity index (χ3n) is 2.94. The van der Waals surface area contributed by atoms with Crippen LogP contribution in [-0.2, 0) is 11.2 Å². The molecule has 0 spiro atoms. The van der Waals surface area contributed by atoms with Crippen molar-refractivity contribution in [3.63, 3.8) is 0 Å². The molecule has 0 aliphatic rings. The van der Waals surface area contributed by atoms with Crippen LogP contribution in [0.25, 0.3) is 0 Å². The number of hydrogen-bond acceptors (Lipinski definition) is 4. The highest BCUT2D eigenvalue weighted by Crippen LogP contribution is 2.15. The number of hydrogen-bond donors (Lipinski definition) is 1. The number of carboxylic acid groups (broad SMARTS) is 1. The molecule has 1 aromatic carbocycles. The smallest absolute Gasteiger partial charge is 0.303 e. The molecule has 0 unspecified atom stereocenters. The van der Waals surface area contributed by atoms with E-state index < -0.39 is 5.97 Å². The predicted octanol–water partition coefficient (Wildman–Crippen LogP) is 3.42. The standard InChI is InChI=1S/C16H16O4S/c17-15(7-8-16(18)19)12-3-5-13(6-4-12)20-10-9-14-2-1-11-21-14/h1-6,11H,7-10H2,(H,18,19). The van der Waals surface area contributed by atoms with E-state index in [0.717, 1.165) is 6.42 Å². The van der Waals surface area contributed by atoms with Crippen LogP contribution in [0.4, 0.5) is 0 Å². The Labute approximate surface area is 127 Å². The average Bonchev–Trinajstić information content (AvgIpc) is 2.99. The maximum Gasteiger partial charge on any atom is 0.303 e. The number of ether oxygens (including phenoxy) is 1. The summed E-state index contributed by atoms with van der Waals surface area (Å²) in [6.45, 7) is 0.590. The van der Waals surface area contributed by atoms with E-state index in [1.54, 1.807) is 35.6 Å². The first-order valence-corrected chi connectivity index (χ1v) is 7.53. The predicted molar refractivity (Wildman–Crippen MR) is 81.2 cm³/mol. The van der Waals surface area contributed by atoms with Crippen molar-refractivity contribution in [1.82, 2.24) is 0 Å². The highest BCUT2D eigenvalue weighted by Gasteiger charge is 2.08. The summed E-state index contributed by atoms with van der Waals surface area (Å²) in [5.41, 5.74) is 0.516. The van der Waals surface area contributed by atoms with Crippen LogP contribution in [0.15, 0.2) is 41.8 Å². The first-order chi connectivity index (χ1) is 10.1. The van der Waals surface area contributed by atoms with E-state index in [9.17, 15) is 9.59 Å². The Kier molecular flexibility index (Phi) is 5.51. The SMILES string of the molecule is O=C(O)CCC(=O)c1ccc(OCCc2cccs2)cc1. The van der Waals surface area contributed by atoms with Gasteiger partial charge in [0.25, 0.3) is 0 Å². The molecular weight excluding hydrogens is 288 g/mol. The Balaban J connectivity index is 1.81. The fourth-order valence-corrected chi connectivity index (χ4v) is 2.52. The van der Waals surface area contributed by atoms with Crippen molar-refractivity contribution >= 4 is 23.1 Å². The number of thiophene rings is 1. The van der Waals surface area contributed by atoms with Crippen molar-refractivity contribution in [2.45, 2.75) is 19.3 Å². The summed E-state index contributed by atoms with van der Waals surface area (Å²) in [6.07, 6.45) is 0.739. The summed E-state index contributed by atoms with van der Waals surface area (Å²) < 4.78 is 5.61. The van der Waals surface area contributed by atoms with Gasteiger partial charge < -0.3 is 9.84 Å². The molecule has 2 aromatic rings. The van der Waals surface area contributed by atoms with Gasteiger partial charge in [-0.3, -0.25) is 9.59 Å². The van der Waals surface area contributed by atoms with Gasteiger partial charge in [-0.15, -0.1) is 11.3 Å². The Morgan fingerprint density at radius 2 is 1.86 bits per heavy atom. The fraction of sp³-hybridized carbons (Fsp3) is 0.250. The lowest BCUT2D eigenvalue weighted by molar-refractivity contribution is -0.136. The lowest BCUT2D eigenvalue weighted by Gasteiger charge is -2.06. The molecule has 1 aromatic heterocycles. The second-order valence-corrected chi connectivity index (χ2v) is 5.55. The van der Waals surface area contributed by atoms with Crippen LogP contribution in [0.5, 0.6) is 5.75 Å². The van der Waals surface area contributed by atoms with Crippen molar-refractivity contribution < 1.29 is 19.4 Å². The second-order valence-electron chi connectivity index (χ2n) is 4.52. The van der Waals surface area contributed by atoms with Crippen LogP contribution >= 0.6 is 11.3 Å². The van der Waals surface area contributed by atoms with Gasteiger partial charge in [0.05, 0.1) is 13.0 Å². The number of Topliss-reactive ketones (excluding diaryl/α,β-unsaturated/α-hetero) is 1. The zero-order valence-electron chi connectivity index (χ0n) is 11.5. The maximum absolute atomic E-state index is 11.7. The van der Waals surface area contributed by atoms with Gasteiger partial charge in [0.15, 0.2) is 5.78 Å². The van der Waals surface area contributed by atoms with Crippen LogP contribution in [0.2, 0.25) is 0 Å². The molecule has 4 nitrogen and oxygen atoms in total. The van der Waals surface area contributed by atoms with Crippen LogP contribution in [0.3, 0.4) is 0 Å². The summed E-state index contributed by atoms with van der Waals surface area (Å²) in [6, 6.07) is 10.9. The summed E-state index contributed by atoms with van der Waals surface area (Å²) in [4.78, 5) is 23.4. The van der Waals surface area contributed by atoms with Crippen LogP contribution in [-0.4, -0.2) is 23.5 Å². The Hall–Kier alpha value is -2.14. The third-order valence-corrected chi connectivity index (χ3v) is 3.88. The molecule has 0 aliphatic heterocycles. The normalized spacial score (nSPS) is 10.3. The summed E-state index contributed by atoms with van der Waals surface area (Å²) in [5.74, 6) is -0.416. The summed E-state index contributed by atoms with van der Waals surface area (Å²) in [7, 11) is 0. The number of carboxylic acids is 1. The summed E-state index contributed by atoms with van der Waals surface area (Å²) in [5, 5.41) is 10.6. The quantitative estimate of drug-likeness (QED) is 0.759. The van der Waals surface area contributed by atoms with Crippen LogP contribution in [0.1, 0.15) is 28.1 Å². The van der Waals surface area contributed by atoms with E-state index in [0.29, 0.717) is 17.9 Å². The number of rotatable bonds is 8. The first-order valence-electron chi connectivity index (χ1n) is 6.65.